The number of quaternary nitrogens is 1. The summed E-state index contributed by atoms with van der Waals surface area (Å²) in [5, 5.41) is 15.5. The molecule has 5 aliphatic rings. The molecule has 2 heterocycles. The van der Waals surface area contributed by atoms with Crippen LogP contribution in [-0.4, -0.2) is 36.0 Å². The predicted octanol–water partition coefficient (Wildman–Crippen LogP) is 6.93. The molecule has 3 nitrogen and oxygen atoms in total. The molecule has 0 radical (unpaired) electrons. The third-order valence-corrected chi connectivity index (χ3v) is 10.2. The van der Waals surface area contributed by atoms with Crippen molar-refractivity contribution in [3.8, 4) is 0 Å². The summed E-state index contributed by atoms with van der Waals surface area (Å²) >= 11 is 0. The first-order valence-electron chi connectivity index (χ1n) is 13.1. The first-order valence-corrected chi connectivity index (χ1v) is 13.1. The molecule has 2 bridgehead atoms. The summed E-state index contributed by atoms with van der Waals surface area (Å²) in [6.45, 7) is 2.47. The van der Waals surface area contributed by atoms with Crippen LogP contribution < -0.4 is 0 Å². The van der Waals surface area contributed by atoms with Crippen LogP contribution in [0.1, 0.15) is 57.4 Å². The van der Waals surface area contributed by atoms with Crippen LogP contribution in [0.5, 0.6) is 0 Å². The minimum atomic E-state index is -0.218. The average Bonchev–Trinajstić information content (AvgIpc) is 3.33. The zero-order chi connectivity index (χ0) is 23.3. The van der Waals surface area contributed by atoms with Gasteiger partial charge >= 0.3 is 0 Å². The molecule has 1 saturated carbocycles. The van der Waals surface area contributed by atoms with Crippen molar-refractivity contribution in [2.75, 3.05) is 14.1 Å². The largest absolute Gasteiger partial charge is 0.633 e. The van der Waals surface area contributed by atoms with Crippen molar-refractivity contribution in [1.29, 1.82) is 0 Å². The molecule has 2 fully saturated rings. The number of allylic oxidation sites excluding steroid dienone is 3. The predicted molar refractivity (Wildman–Crippen MR) is 138 cm³/mol. The Kier molecular flexibility index (Phi) is 4.17. The van der Waals surface area contributed by atoms with Gasteiger partial charge in [0.15, 0.2) is 0 Å². The number of fused-ring (bicyclic) bond motifs is 2. The molecule has 2 spiro atoms. The zero-order valence-electron chi connectivity index (χ0n) is 20.6. The van der Waals surface area contributed by atoms with Crippen LogP contribution in [0.2, 0.25) is 0 Å². The van der Waals surface area contributed by atoms with E-state index in [1.54, 1.807) is 0 Å². The van der Waals surface area contributed by atoms with Gasteiger partial charge in [0.2, 0.25) is 0 Å². The molecular formula is C31H35NO2. The fraction of sp³-hybridized carbons (Fsp3) is 0.484. The highest BCUT2D eigenvalue weighted by Gasteiger charge is 2.65. The first-order chi connectivity index (χ1) is 16.2. The van der Waals surface area contributed by atoms with Crippen molar-refractivity contribution < 1.29 is 9.38 Å². The average molecular weight is 454 g/mol. The molecule has 5 atom stereocenters. The van der Waals surface area contributed by atoms with E-state index in [0.29, 0.717) is 5.92 Å². The summed E-state index contributed by atoms with van der Waals surface area (Å²) in [4.78, 5) is 0. The zero-order valence-corrected chi connectivity index (χ0v) is 20.6. The van der Waals surface area contributed by atoms with Crippen LogP contribution in [0, 0.1) is 16.5 Å². The minimum absolute atomic E-state index is 0.0742. The molecule has 7 rings (SSSR count). The Hall–Kier alpha value is -2.20. The van der Waals surface area contributed by atoms with Crippen LogP contribution in [0.4, 0.5) is 0 Å². The molecule has 176 valence electrons. The van der Waals surface area contributed by atoms with E-state index >= 15 is 0 Å². The molecule has 2 aliphatic heterocycles. The summed E-state index contributed by atoms with van der Waals surface area (Å²) in [5.41, 5.74) is 5.40. The standard InChI is InChI=1S/C31H35NO2/c1-29-15-14-25-19-24-10-11-26(32(2,3)33)20-30(24)16-17-31(25,34-30)28(29)13-12-27(29)23-9-8-21-6-4-5-7-22(21)18-23/h4-9,12,14,18-19,26,28H,10-11,13,15-17,20H2,1-3H3/t26-,28+,29+,30+,31+/m0/s1. The monoisotopic (exact) mass is 453 g/mol. The molecule has 0 amide bonds. The number of hydrogen-bond acceptors (Lipinski definition) is 2. The van der Waals surface area contributed by atoms with Crippen LogP contribution >= 0.6 is 0 Å². The van der Waals surface area contributed by atoms with Gasteiger partial charge in [0.05, 0.1) is 31.3 Å². The summed E-state index contributed by atoms with van der Waals surface area (Å²) in [6.07, 6.45) is 14.6. The highest BCUT2D eigenvalue weighted by molar-refractivity contribution is 5.87. The van der Waals surface area contributed by atoms with Gasteiger partial charge in [-0.3, -0.25) is 0 Å². The lowest BCUT2D eigenvalue weighted by Gasteiger charge is -2.55. The highest BCUT2D eigenvalue weighted by atomic mass is 16.5. The lowest BCUT2D eigenvalue weighted by atomic mass is 9.58. The Labute approximate surface area is 203 Å². The van der Waals surface area contributed by atoms with Gasteiger partial charge in [0, 0.05) is 24.2 Å². The van der Waals surface area contributed by atoms with Crippen LogP contribution in [0.3, 0.4) is 0 Å². The summed E-state index contributed by atoms with van der Waals surface area (Å²) in [7, 11) is 3.62. The molecule has 1 saturated heterocycles. The maximum Gasteiger partial charge on any atom is 0.0980 e. The van der Waals surface area contributed by atoms with Gasteiger partial charge in [0.1, 0.15) is 0 Å². The number of ether oxygens (including phenoxy) is 1. The van der Waals surface area contributed by atoms with E-state index in [-0.39, 0.29) is 27.3 Å². The van der Waals surface area contributed by atoms with Crippen molar-refractivity contribution >= 4 is 16.3 Å². The molecule has 3 heteroatoms. The fourth-order valence-electron chi connectivity index (χ4n) is 8.30. The second kappa shape index (κ2) is 6.72. The number of hydroxylamine groups is 3. The molecule has 0 unspecified atom stereocenters. The van der Waals surface area contributed by atoms with E-state index in [1.165, 1.54) is 33.1 Å². The SMILES string of the molecule is C[C@]12CC=C3C=C4CC[C@H]([N+](C)(C)[O-])C[C@]45CC[C@]3(O5)[C@@H]1CC=C2c1ccc2ccccc2c1. The molecule has 3 aliphatic carbocycles. The molecule has 0 N–H and O–H groups in total. The molecule has 2 aromatic carbocycles. The highest BCUT2D eigenvalue weighted by Crippen LogP contribution is 2.67. The molecule has 34 heavy (non-hydrogen) atoms. The van der Waals surface area contributed by atoms with E-state index in [4.69, 9.17) is 4.74 Å². The summed E-state index contributed by atoms with van der Waals surface area (Å²) in [6, 6.07) is 15.7. The molecular weight excluding hydrogens is 418 g/mol. The number of rotatable bonds is 2. The molecule has 0 aromatic heterocycles. The second-order valence-corrected chi connectivity index (χ2v) is 12.2. The normalized spacial score (nSPS) is 38.5. The Morgan fingerprint density at radius 3 is 2.68 bits per heavy atom. The van der Waals surface area contributed by atoms with E-state index in [0.717, 1.165) is 44.9 Å². The maximum absolute atomic E-state index is 12.9. The minimum Gasteiger partial charge on any atom is -0.633 e. The van der Waals surface area contributed by atoms with Gasteiger partial charge in [0.25, 0.3) is 0 Å². The van der Waals surface area contributed by atoms with Crippen molar-refractivity contribution in [3.05, 3.63) is 82.6 Å². The third kappa shape index (κ3) is 2.69. The Bertz CT molecular complexity index is 1300. The van der Waals surface area contributed by atoms with Crippen LogP contribution in [0.15, 0.2) is 71.8 Å². The van der Waals surface area contributed by atoms with Crippen molar-refractivity contribution in [3.63, 3.8) is 0 Å². The van der Waals surface area contributed by atoms with Crippen LogP contribution in [0.25, 0.3) is 16.3 Å². The maximum atomic E-state index is 12.9. The van der Waals surface area contributed by atoms with Crippen LogP contribution in [-0.2, 0) is 4.74 Å². The fourth-order valence-corrected chi connectivity index (χ4v) is 8.30. The lowest BCUT2D eigenvalue weighted by molar-refractivity contribution is -0.869. The summed E-state index contributed by atoms with van der Waals surface area (Å²) in [5.74, 6) is 0.453. The Morgan fingerprint density at radius 2 is 1.85 bits per heavy atom. The van der Waals surface area contributed by atoms with Gasteiger partial charge in [-0.05, 0) is 71.2 Å². The number of hydrogen-bond donors (Lipinski definition) is 0. The van der Waals surface area contributed by atoms with E-state index in [9.17, 15) is 5.21 Å². The topological polar surface area (TPSA) is 32.3 Å². The Morgan fingerprint density at radius 1 is 1.03 bits per heavy atom. The lowest BCUT2D eigenvalue weighted by Crippen LogP contribution is -2.56. The van der Waals surface area contributed by atoms with Crippen molar-refractivity contribution in [2.45, 2.75) is 69.1 Å². The number of benzene rings is 2. The third-order valence-electron chi connectivity index (χ3n) is 10.2. The van der Waals surface area contributed by atoms with Gasteiger partial charge < -0.3 is 14.6 Å². The molecule has 2 aromatic rings. The van der Waals surface area contributed by atoms with E-state index in [2.05, 4.69) is 67.6 Å². The van der Waals surface area contributed by atoms with Gasteiger partial charge in [-0.2, -0.15) is 0 Å². The second-order valence-electron chi connectivity index (χ2n) is 12.2. The first kappa shape index (κ1) is 21.1. The van der Waals surface area contributed by atoms with Gasteiger partial charge in [-0.15, -0.1) is 0 Å². The van der Waals surface area contributed by atoms with E-state index in [1.807, 2.05) is 14.1 Å². The van der Waals surface area contributed by atoms with Crippen molar-refractivity contribution in [2.24, 2.45) is 11.3 Å². The van der Waals surface area contributed by atoms with E-state index < -0.39 is 0 Å². The Balaban J connectivity index is 1.27. The van der Waals surface area contributed by atoms with Gasteiger partial charge in [-0.1, -0.05) is 61.5 Å². The summed E-state index contributed by atoms with van der Waals surface area (Å²) < 4.78 is 7.12. The smallest absolute Gasteiger partial charge is 0.0980 e. The number of nitrogens with zero attached hydrogens (tertiary/aromatic N) is 1. The van der Waals surface area contributed by atoms with Crippen molar-refractivity contribution in [1.82, 2.24) is 0 Å². The van der Waals surface area contributed by atoms with Gasteiger partial charge in [-0.25, -0.2) is 0 Å². The quantitative estimate of drug-likeness (QED) is 0.365.